The van der Waals surface area contributed by atoms with Crippen molar-refractivity contribution in [2.75, 3.05) is 26.7 Å². The van der Waals surface area contributed by atoms with Crippen molar-refractivity contribution in [3.8, 4) is 5.75 Å². The lowest BCUT2D eigenvalue weighted by Gasteiger charge is -2.30. The molecule has 21 heavy (non-hydrogen) atoms. The summed E-state index contributed by atoms with van der Waals surface area (Å²) in [7, 11) is 1.76. The Bertz CT molecular complexity index is 421. The van der Waals surface area contributed by atoms with Crippen molar-refractivity contribution in [1.82, 2.24) is 10.2 Å². The van der Waals surface area contributed by atoms with Gasteiger partial charge in [0.2, 0.25) is 0 Å². The molecule has 0 radical (unpaired) electrons. The van der Waals surface area contributed by atoms with E-state index in [-0.39, 0.29) is 0 Å². The number of hydrogen-bond donors (Lipinski definition) is 1. The zero-order chi connectivity index (χ0) is 15.1. The summed E-state index contributed by atoms with van der Waals surface area (Å²) in [6.45, 7) is 7.89. The third kappa shape index (κ3) is 4.21. The topological polar surface area (TPSA) is 24.5 Å². The predicted molar refractivity (Wildman–Crippen MR) is 88.9 cm³/mol. The number of rotatable bonds is 8. The zero-order valence-corrected chi connectivity index (χ0v) is 13.8. The van der Waals surface area contributed by atoms with Crippen LogP contribution in [-0.2, 0) is 0 Å². The van der Waals surface area contributed by atoms with Crippen molar-refractivity contribution >= 4 is 0 Å². The van der Waals surface area contributed by atoms with Gasteiger partial charge in [-0.25, -0.2) is 0 Å². The Morgan fingerprint density at radius 1 is 1.33 bits per heavy atom. The van der Waals surface area contributed by atoms with Gasteiger partial charge in [-0.15, -0.1) is 0 Å². The predicted octanol–water partition coefficient (Wildman–Crippen LogP) is 3.61. The molecule has 2 rings (SSSR count). The molecule has 3 nitrogen and oxygen atoms in total. The molecule has 118 valence electrons. The smallest absolute Gasteiger partial charge is 0.123 e. The Kier molecular flexibility index (Phi) is 6.52. The van der Waals surface area contributed by atoms with Crippen LogP contribution in [-0.4, -0.2) is 37.7 Å². The molecule has 0 amide bonds. The van der Waals surface area contributed by atoms with Crippen molar-refractivity contribution in [3.63, 3.8) is 0 Å². The summed E-state index contributed by atoms with van der Waals surface area (Å²) in [5, 5.41) is 3.71. The van der Waals surface area contributed by atoms with E-state index in [1.807, 2.05) is 6.07 Å². The van der Waals surface area contributed by atoms with Gasteiger partial charge in [0.1, 0.15) is 5.75 Å². The van der Waals surface area contributed by atoms with Gasteiger partial charge in [-0.1, -0.05) is 32.0 Å². The fourth-order valence-corrected chi connectivity index (χ4v) is 3.38. The molecule has 1 saturated heterocycles. The lowest BCUT2D eigenvalue weighted by atomic mass is 10.0. The van der Waals surface area contributed by atoms with Crippen molar-refractivity contribution in [2.24, 2.45) is 0 Å². The lowest BCUT2D eigenvalue weighted by Crippen LogP contribution is -2.38. The maximum Gasteiger partial charge on any atom is 0.123 e. The summed E-state index contributed by atoms with van der Waals surface area (Å²) in [5.41, 5.74) is 1.29. The molecule has 0 aromatic heterocycles. The lowest BCUT2D eigenvalue weighted by molar-refractivity contribution is 0.219. The largest absolute Gasteiger partial charge is 0.496 e. The van der Waals surface area contributed by atoms with Crippen LogP contribution in [0.1, 0.15) is 51.1 Å². The van der Waals surface area contributed by atoms with Crippen LogP contribution in [0.5, 0.6) is 5.75 Å². The van der Waals surface area contributed by atoms with Crippen LogP contribution in [0.2, 0.25) is 0 Å². The van der Waals surface area contributed by atoms with Gasteiger partial charge in [0.25, 0.3) is 0 Å². The molecule has 1 aliphatic rings. The minimum absolute atomic E-state index is 0.355. The number of likely N-dealkylation sites (tertiary alicyclic amines) is 1. The molecule has 0 saturated carbocycles. The molecule has 0 spiro atoms. The molecule has 1 aromatic rings. The van der Waals surface area contributed by atoms with Gasteiger partial charge in [-0.3, -0.25) is 4.90 Å². The highest BCUT2D eigenvalue weighted by atomic mass is 16.5. The highest BCUT2D eigenvalue weighted by Gasteiger charge is 2.26. The summed E-state index contributed by atoms with van der Waals surface area (Å²) in [6.07, 6.45) is 5.10. The second-order valence-electron chi connectivity index (χ2n) is 5.95. The molecule has 1 aliphatic heterocycles. The van der Waals surface area contributed by atoms with Gasteiger partial charge in [0.05, 0.1) is 7.11 Å². The first-order valence-electron chi connectivity index (χ1n) is 8.40. The molecule has 0 bridgehead atoms. The van der Waals surface area contributed by atoms with Crippen LogP contribution in [0.4, 0.5) is 0 Å². The number of ether oxygens (including phenoxy) is 1. The van der Waals surface area contributed by atoms with E-state index < -0.39 is 0 Å². The molecule has 0 aliphatic carbocycles. The zero-order valence-electron chi connectivity index (χ0n) is 13.8. The monoisotopic (exact) mass is 290 g/mol. The van der Waals surface area contributed by atoms with E-state index >= 15 is 0 Å². The van der Waals surface area contributed by atoms with Crippen LogP contribution in [0.15, 0.2) is 24.3 Å². The number of benzene rings is 1. The summed E-state index contributed by atoms with van der Waals surface area (Å²) in [6, 6.07) is 9.53. The maximum atomic E-state index is 5.57. The Balaban J connectivity index is 2.13. The first kappa shape index (κ1) is 16.3. The summed E-state index contributed by atoms with van der Waals surface area (Å²) in [4.78, 5) is 2.65. The highest BCUT2D eigenvalue weighted by molar-refractivity contribution is 5.36. The average molecular weight is 290 g/mol. The van der Waals surface area contributed by atoms with Gasteiger partial charge >= 0.3 is 0 Å². The Labute approximate surface area is 129 Å². The molecule has 1 N–H and O–H groups in total. The number of hydrogen-bond acceptors (Lipinski definition) is 3. The van der Waals surface area contributed by atoms with E-state index in [9.17, 15) is 0 Å². The van der Waals surface area contributed by atoms with Gasteiger partial charge in [0, 0.05) is 24.2 Å². The minimum atomic E-state index is 0.355. The Hall–Kier alpha value is -1.06. The van der Waals surface area contributed by atoms with E-state index in [0.717, 1.165) is 31.3 Å². The minimum Gasteiger partial charge on any atom is -0.496 e. The van der Waals surface area contributed by atoms with Gasteiger partial charge in [-0.2, -0.15) is 0 Å². The van der Waals surface area contributed by atoms with Crippen LogP contribution in [0, 0.1) is 0 Å². The van der Waals surface area contributed by atoms with E-state index in [1.54, 1.807) is 7.11 Å². The van der Waals surface area contributed by atoms with Gasteiger partial charge < -0.3 is 10.1 Å². The molecular weight excluding hydrogens is 260 g/mol. The number of nitrogens with one attached hydrogen (secondary N) is 1. The summed E-state index contributed by atoms with van der Waals surface area (Å²) < 4.78 is 5.57. The van der Waals surface area contributed by atoms with Crippen LogP contribution >= 0.6 is 0 Å². The number of nitrogens with zero attached hydrogens (tertiary/aromatic N) is 1. The molecule has 2 atom stereocenters. The van der Waals surface area contributed by atoms with E-state index in [1.165, 1.54) is 31.4 Å². The third-order valence-corrected chi connectivity index (χ3v) is 4.54. The first-order chi connectivity index (χ1) is 10.3. The molecule has 1 heterocycles. The third-order valence-electron chi connectivity index (χ3n) is 4.54. The standard InChI is InChI=1S/C18H30N2O/c1-4-12-19-17(14-20-13-8-9-15(20)5-2)16-10-6-7-11-18(16)21-3/h6-7,10-11,15,17,19H,4-5,8-9,12-14H2,1-3H3. The van der Waals surface area contributed by atoms with Crippen LogP contribution in [0.3, 0.4) is 0 Å². The van der Waals surface area contributed by atoms with Crippen molar-refractivity contribution < 1.29 is 4.74 Å². The fourth-order valence-electron chi connectivity index (χ4n) is 3.38. The molecule has 3 heteroatoms. The van der Waals surface area contributed by atoms with Gasteiger partial charge in [0.15, 0.2) is 0 Å². The number of methoxy groups -OCH3 is 1. The molecule has 2 unspecified atom stereocenters. The van der Waals surface area contributed by atoms with Gasteiger partial charge in [-0.05, 0) is 44.8 Å². The van der Waals surface area contributed by atoms with Crippen molar-refractivity contribution in [2.45, 2.75) is 51.6 Å². The highest BCUT2D eigenvalue weighted by Crippen LogP contribution is 2.28. The maximum absolute atomic E-state index is 5.57. The van der Waals surface area contributed by atoms with Crippen LogP contribution in [0.25, 0.3) is 0 Å². The molecule has 1 fully saturated rings. The second kappa shape index (κ2) is 8.40. The normalized spacial score (nSPS) is 20.6. The molecular formula is C18H30N2O. The fraction of sp³-hybridized carbons (Fsp3) is 0.667. The SMILES string of the molecule is CCCNC(CN1CCCC1CC)c1ccccc1OC. The molecule has 1 aromatic carbocycles. The summed E-state index contributed by atoms with van der Waals surface area (Å²) >= 11 is 0. The van der Waals surface area contributed by atoms with Crippen molar-refractivity contribution in [3.05, 3.63) is 29.8 Å². The average Bonchev–Trinajstić information content (AvgIpc) is 2.98. The van der Waals surface area contributed by atoms with Crippen molar-refractivity contribution in [1.29, 1.82) is 0 Å². The Morgan fingerprint density at radius 3 is 2.86 bits per heavy atom. The summed E-state index contributed by atoms with van der Waals surface area (Å²) in [5.74, 6) is 0.998. The first-order valence-corrected chi connectivity index (χ1v) is 8.40. The Morgan fingerprint density at radius 2 is 2.14 bits per heavy atom. The quantitative estimate of drug-likeness (QED) is 0.791. The second-order valence-corrected chi connectivity index (χ2v) is 5.95. The van der Waals surface area contributed by atoms with Crippen LogP contribution < -0.4 is 10.1 Å². The van der Waals surface area contributed by atoms with E-state index in [2.05, 4.69) is 42.3 Å². The van der Waals surface area contributed by atoms with E-state index in [0.29, 0.717) is 6.04 Å². The van der Waals surface area contributed by atoms with E-state index in [4.69, 9.17) is 4.74 Å². The number of para-hydroxylation sites is 1.